The second-order valence-corrected chi connectivity index (χ2v) is 6.66. The van der Waals surface area contributed by atoms with E-state index in [1.165, 1.54) is 16.9 Å². The molecule has 0 unspecified atom stereocenters. The average molecular weight is 351 g/mol. The smallest absolute Gasteiger partial charge is 0.230 e. The molecule has 0 fully saturated rings. The van der Waals surface area contributed by atoms with E-state index in [0.717, 1.165) is 11.4 Å². The molecule has 25 heavy (non-hydrogen) atoms. The van der Waals surface area contributed by atoms with Crippen molar-refractivity contribution in [3.8, 4) is 0 Å². The summed E-state index contributed by atoms with van der Waals surface area (Å²) < 4.78 is 0. The minimum Gasteiger partial charge on any atom is -0.305 e. The topological polar surface area (TPSA) is 45.2 Å². The molecule has 4 nitrogen and oxygen atoms in total. The maximum atomic E-state index is 12.1. The molecule has 0 bridgehead atoms. The number of carbonyl (C=O) groups is 1. The zero-order chi connectivity index (χ0) is 17.6. The molecule has 128 valence electrons. The van der Waals surface area contributed by atoms with Gasteiger partial charge in [0.2, 0.25) is 5.91 Å². The zero-order valence-electron chi connectivity index (χ0n) is 14.3. The van der Waals surface area contributed by atoms with E-state index in [1.54, 1.807) is 11.8 Å². The summed E-state index contributed by atoms with van der Waals surface area (Å²) >= 11 is 1.48. The lowest BCUT2D eigenvalue weighted by atomic mass is 10.1. The Morgan fingerprint density at radius 2 is 1.76 bits per heavy atom. The number of rotatable bonds is 6. The number of hydrogen-bond acceptors (Lipinski definition) is 4. The molecule has 0 aliphatic carbocycles. The molecule has 3 aromatic rings. The van der Waals surface area contributed by atoms with Crippen LogP contribution in [0, 0.1) is 0 Å². The summed E-state index contributed by atoms with van der Waals surface area (Å²) in [6.45, 7) is 4.35. The molecule has 2 aromatic carbocycles. The highest BCUT2D eigenvalue weighted by atomic mass is 32.1. The van der Waals surface area contributed by atoms with Crippen molar-refractivity contribution in [3.05, 3.63) is 77.3 Å². The van der Waals surface area contributed by atoms with Crippen LogP contribution in [0.5, 0.6) is 0 Å². The Morgan fingerprint density at radius 1 is 1.12 bits per heavy atom. The van der Waals surface area contributed by atoms with E-state index in [2.05, 4.69) is 29.4 Å². The Balaban J connectivity index is 1.70. The maximum absolute atomic E-state index is 12.1. The van der Waals surface area contributed by atoms with Crippen molar-refractivity contribution >= 4 is 28.1 Å². The highest BCUT2D eigenvalue weighted by molar-refractivity contribution is 7.14. The van der Waals surface area contributed by atoms with Gasteiger partial charge < -0.3 is 5.32 Å². The molecule has 3 rings (SSSR count). The molecule has 5 heteroatoms. The van der Waals surface area contributed by atoms with Crippen LogP contribution in [0.1, 0.15) is 31.1 Å². The molecule has 0 saturated carbocycles. The van der Waals surface area contributed by atoms with E-state index >= 15 is 0 Å². The van der Waals surface area contributed by atoms with E-state index < -0.39 is 0 Å². The highest BCUT2D eigenvalue weighted by Gasteiger charge is 2.17. The van der Waals surface area contributed by atoms with Gasteiger partial charge in [0, 0.05) is 24.9 Å². The number of nitrogens with zero attached hydrogens (tertiary/aromatic N) is 2. The summed E-state index contributed by atoms with van der Waals surface area (Å²) in [4.78, 5) is 18.4. The van der Waals surface area contributed by atoms with Gasteiger partial charge in [-0.15, -0.1) is 11.3 Å². The third-order valence-corrected chi connectivity index (χ3v) is 4.82. The van der Waals surface area contributed by atoms with E-state index in [1.807, 2.05) is 53.9 Å². The number of amides is 1. The highest BCUT2D eigenvalue weighted by Crippen LogP contribution is 2.28. The summed E-state index contributed by atoms with van der Waals surface area (Å²) in [7, 11) is 0. The van der Waals surface area contributed by atoms with Crippen molar-refractivity contribution in [2.45, 2.75) is 26.4 Å². The first-order valence-electron chi connectivity index (χ1n) is 8.23. The summed E-state index contributed by atoms with van der Waals surface area (Å²) in [6.07, 6.45) is 0. The first kappa shape index (κ1) is 17.3. The molecule has 0 spiro atoms. The van der Waals surface area contributed by atoms with E-state index in [0.29, 0.717) is 11.7 Å². The number of aromatic nitrogens is 1. The lowest BCUT2D eigenvalue weighted by Gasteiger charge is -2.17. The predicted molar refractivity (Wildman–Crippen MR) is 103 cm³/mol. The summed E-state index contributed by atoms with van der Waals surface area (Å²) in [5.41, 5.74) is 3.01. The monoisotopic (exact) mass is 351 g/mol. The Kier molecular flexibility index (Phi) is 5.58. The first-order chi connectivity index (χ1) is 12.1. The Bertz CT molecular complexity index is 817. The van der Waals surface area contributed by atoms with E-state index in [9.17, 15) is 4.79 Å². The van der Waals surface area contributed by atoms with Crippen LogP contribution in [0.25, 0.3) is 0 Å². The van der Waals surface area contributed by atoms with Crippen LogP contribution in [-0.2, 0) is 11.3 Å². The van der Waals surface area contributed by atoms with Gasteiger partial charge in [0.05, 0.1) is 11.4 Å². The summed E-state index contributed by atoms with van der Waals surface area (Å²) in [6, 6.07) is 20.2. The van der Waals surface area contributed by atoms with Crippen LogP contribution < -0.4 is 10.2 Å². The zero-order valence-corrected chi connectivity index (χ0v) is 15.2. The largest absolute Gasteiger partial charge is 0.305 e. The number of hydrogen-bond donors (Lipinski definition) is 1. The molecular formula is C20H21N3OS. The van der Waals surface area contributed by atoms with Crippen LogP contribution in [0.3, 0.4) is 0 Å². The standard InChI is InChI=1S/C20H21N3OS/c1-15(17-9-5-3-6-10-17)21-13-18-14-25-20(22-18)23(16(2)24)19-11-7-4-8-12-19/h3-12,14-15,21H,13H2,1-2H3/t15-/m1/s1. The minimum atomic E-state index is -0.0438. The van der Waals surface area contributed by atoms with Gasteiger partial charge in [0.15, 0.2) is 5.13 Å². The van der Waals surface area contributed by atoms with Crippen LogP contribution in [0.15, 0.2) is 66.0 Å². The van der Waals surface area contributed by atoms with Crippen LogP contribution in [-0.4, -0.2) is 10.9 Å². The summed E-state index contributed by atoms with van der Waals surface area (Å²) in [5, 5.41) is 6.17. The Hall–Kier alpha value is -2.50. The van der Waals surface area contributed by atoms with Gasteiger partial charge in [-0.25, -0.2) is 4.98 Å². The van der Waals surface area contributed by atoms with Crippen molar-refractivity contribution in [2.75, 3.05) is 4.90 Å². The number of para-hydroxylation sites is 1. The molecule has 1 atom stereocenters. The molecule has 1 heterocycles. The molecule has 1 N–H and O–H groups in total. The lowest BCUT2D eigenvalue weighted by Crippen LogP contribution is -2.23. The van der Waals surface area contributed by atoms with Crippen molar-refractivity contribution in [1.82, 2.24) is 10.3 Å². The second-order valence-electron chi connectivity index (χ2n) is 5.82. The third kappa shape index (κ3) is 4.32. The van der Waals surface area contributed by atoms with E-state index in [4.69, 9.17) is 0 Å². The van der Waals surface area contributed by atoms with Crippen molar-refractivity contribution in [1.29, 1.82) is 0 Å². The average Bonchev–Trinajstić information content (AvgIpc) is 3.09. The molecular weight excluding hydrogens is 330 g/mol. The van der Waals surface area contributed by atoms with Crippen molar-refractivity contribution < 1.29 is 4.79 Å². The molecule has 0 aliphatic rings. The number of nitrogens with one attached hydrogen (secondary N) is 1. The molecule has 0 saturated heterocycles. The van der Waals surface area contributed by atoms with E-state index in [-0.39, 0.29) is 11.9 Å². The molecule has 0 aliphatic heterocycles. The van der Waals surface area contributed by atoms with Gasteiger partial charge in [-0.1, -0.05) is 48.5 Å². The summed E-state index contributed by atoms with van der Waals surface area (Å²) in [5.74, 6) is -0.0438. The number of carbonyl (C=O) groups excluding carboxylic acids is 1. The van der Waals surface area contributed by atoms with Gasteiger partial charge >= 0.3 is 0 Å². The molecule has 1 amide bonds. The SMILES string of the molecule is CC(=O)N(c1ccccc1)c1nc(CN[C@H](C)c2ccccc2)cs1. The first-order valence-corrected chi connectivity index (χ1v) is 9.11. The van der Waals surface area contributed by atoms with Crippen molar-refractivity contribution in [3.63, 3.8) is 0 Å². The molecule has 0 radical (unpaired) electrons. The van der Waals surface area contributed by atoms with Crippen molar-refractivity contribution in [2.24, 2.45) is 0 Å². The molecule has 1 aromatic heterocycles. The number of anilines is 2. The van der Waals surface area contributed by atoms with Gasteiger partial charge in [0.1, 0.15) is 0 Å². The Labute approximate surface area is 152 Å². The third-order valence-electron chi connectivity index (χ3n) is 3.95. The number of thiazole rings is 1. The predicted octanol–water partition coefficient (Wildman–Crippen LogP) is 4.68. The van der Waals surface area contributed by atoms with Gasteiger partial charge in [-0.3, -0.25) is 9.69 Å². The lowest BCUT2D eigenvalue weighted by molar-refractivity contribution is -0.115. The van der Waals surface area contributed by atoms with Gasteiger partial charge in [-0.2, -0.15) is 0 Å². The maximum Gasteiger partial charge on any atom is 0.230 e. The Morgan fingerprint density at radius 3 is 2.40 bits per heavy atom. The van der Waals surface area contributed by atoms with Crippen LogP contribution in [0.2, 0.25) is 0 Å². The fourth-order valence-electron chi connectivity index (χ4n) is 2.60. The minimum absolute atomic E-state index is 0.0438. The van der Waals surface area contributed by atoms with Crippen LogP contribution in [0.4, 0.5) is 10.8 Å². The normalized spacial score (nSPS) is 11.9. The quantitative estimate of drug-likeness (QED) is 0.701. The fraction of sp³-hybridized carbons (Fsp3) is 0.200. The van der Waals surface area contributed by atoms with Gasteiger partial charge in [-0.05, 0) is 24.6 Å². The van der Waals surface area contributed by atoms with Crippen LogP contribution >= 0.6 is 11.3 Å². The number of benzene rings is 2. The fourth-order valence-corrected chi connectivity index (χ4v) is 3.49. The van der Waals surface area contributed by atoms with Gasteiger partial charge in [0.25, 0.3) is 0 Å². The second kappa shape index (κ2) is 8.05.